The Morgan fingerprint density at radius 3 is 2.53 bits per heavy atom. The molecule has 0 spiro atoms. The third kappa shape index (κ3) is 1.94. The fourth-order valence-electron chi connectivity index (χ4n) is 3.84. The highest BCUT2D eigenvalue weighted by Gasteiger charge is 2.41. The summed E-state index contributed by atoms with van der Waals surface area (Å²) in [7, 11) is 0. The standard InChI is InChI=1S/C13H22O2/c14-11-6-5-10-7-9-3-1-2-4-12(9)15-13(10)8-11/h9-14H,1-8H2. The molecule has 0 aromatic rings. The summed E-state index contributed by atoms with van der Waals surface area (Å²) >= 11 is 0. The lowest BCUT2D eigenvalue weighted by Crippen LogP contribution is -2.46. The maximum Gasteiger partial charge on any atom is 0.0631 e. The quantitative estimate of drug-likeness (QED) is 0.665. The van der Waals surface area contributed by atoms with Crippen molar-refractivity contribution in [3.63, 3.8) is 0 Å². The second-order valence-corrected chi connectivity index (χ2v) is 5.72. The Hall–Kier alpha value is -0.0800. The predicted molar refractivity (Wildman–Crippen MR) is 58.6 cm³/mol. The van der Waals surface area contributed by atoms with Crippen molar-refractivity contribution < 1.29 is 9.84 Å². The maximum absolute atomic E-state index is 9.66. The number of hydrogen-bond donors (Lipinski definition) is 1. The molecule has 0 amide bonds. The van der Waals surface area contributed by atoms with E-state index in [1.165, 1.54) is 38.5 Å². The third-order valence-electron chi connectivity index (χ3n) is 4.70. The van der Waals surface area contributed by atoms with Gasteiger partial charge in [-0.2, -0.15) is 0 Å². The summed E-state index contributed by atoms with van der Waals surface area (Å²) in [6.45, 7) is 0. The largest absolute Gasteiger partial charge is 0.393 e. The van der Waals surface area contributed by atoms with E-state index < -0.39 is 0 Å². The van der Waals surface area contributed by atoms with Crippen LogP contribution in [-0.4, -0.2) is 23.4 Å². The van der Waals surface area contributed by atoms with Crippen molar-refractivity contribution in [2.45, 2.75) is 69.7 Å². The molecule has 5 unspecified atom stereocenters. The maximum atomic E-state index is 9.66. The highest BCUT2D eigenvalue weighted by Crippen LogP contribution is 2.43. The van der Waals surface area contributed by atoms with Gasteiger partial charge >= 0.3 is 0 Å². The average Bonchev–Trinajstić information content (AvgIpc) is 2.26. The number of hydrogen-bond acceptors (Lipinski definition) is 2. The minimum absolute atomic E-state index is 0.0913. The molecule has 1 saturated heterocycles. The predicted octanol–water partition coefficient (Wildman–Crippen LogP) is 2.50. The van der Waals surface area contributed by atoms with Gasteiger partial charge in [0, 0.05) is 0 Å². The molecular weight excluding hydrogens is 188 g/mol. The molecule has 2 nitrogen and oxygen atoms in total. The molecule has 1 heterocycles. The van der Waals surface area contributed by atoms with E-state index in [-0.39, 0.29) is 6.10 Å². The number of aliphatic hydroxyl groups excluding tert-OH is 1. The van der Waals surface area contributed by atoms with Crippen molar-refractivity contribution in [2.75, 3.05) is 0 Å². The zero-order valence-electron chi connectivity index (χ0n) is 9.40. The van der Waals surface area contributed by atoms with Gasteiger partial charge in [-0.1, -0.05) is 12.8 Å². The minimum Gasteiger partial charge on any atom is -0.393 e. The minimum atomic E-state index is -0.0913. The van der Waals surface area contributed by atoms with Crippen LogP contribution in [0.2, 0.25) is 0 Å². The number of fused-ring (bicyclic) bond motifs is 2. The Kier molecular flexibility index (Phi) is 2.73. The van der Waals surface area contributed by atoms with E-state index in [0.29, 0.717) is 12.2 Å². The molecule has 5 atom stereocenters. The summed E-state index contributed by atoms with van der Waals surface area (Å²) < 4.78 is 6.20. The Labute approximate surface area is 92.0 Å². The van der Waals surface area contributed by atoms with Crippen LogP contribution in [0.25, 0.3) is 0 Å². The van der Waals surface area contributed by atoms with E-state index in [0.717, 1.165) is 24.7 Å². The summed E-state index contributed by atoms with van der Waals surface area (Å²) in [5.41, 5.74) is 0. The third-order valence-corrected chi connectivity index (χ3v) is 4.70. The van der Waals surface area contributed by atoms with Gasteiger partial charge in [0.15, 0.2) is 0 Å². The first kappa shape index (κ1) is 10.1. The van der Waals surface area contributed by atoms with Crippen molar-refractivity contribution in [1.82, 2.24) is 0 Å². The van der Waals surface area contributed by atoms with Crippen LogP contribution in [0.5, 0.6) is 0 Å². The topological polar surface area (TPSA) is 29.5 Å². The van der Waals surface area contributed by atoms with Crippen LogP contribution >= 0.6 is 0 Å². The van der Waals surface area contributed by atoms with Crippen LogP contribution in [0.15, 0.2) is 0 Å². The van der Waals surface area contributed by atoms with Gasteiger partial charge in [-0.05, 0) is 50.4 Å². The monoisotopic (exact) mass is 210 g/mol. The van der Waals surface area contributed by atoms with Crippen molar-refractivity contribution in [3.05, 3.63) is 0 Å². The van der Waals surface area contributed by atoms with Crippen LogP contribution in [0.4, 0.5) is 0 Å². The fourth-order valence-corrected chi connectivity index (χ4v) is 3.84. The molecule has 0 aromatic carbocycles. The molecule has 3 fully saturated rings. The molecule has 86 valence electrons. The van der Waals surface area contributed by atoms with E-state index in [4.69, 9.17) is 4.74 Å². The lowest BCUT2D eigenvalue weighted by Gasteiger charge is -2.46. The van der Waals surface area contributed by atoms with Crippen LogP contribution < -0.4 is 0 Å². The summed E-state index contributed by atoms with van der Waals surface area (Å²) in [5.74, 6) is 1.60. The molecule has 2 heteroatoms. The average molecular weight is 210 g/mol. The Morgan fingerprint density at radius 1 is 0.800 bits per heavy atom. The van der Waals surface area contributed by atoms with Gasteiger partial charge in [-0.15, -0.1) is 0 Å². The van der Waals surface area contributed by atoms with Gasteiger partial charge in [0.1, 0.15) is 0 Å². The molecule has 2 saturated carbocycles. The Morgan fingerprint density at radius 2 is 1.60 bits per heavy atom. The smallest absolute Gasteiger partial charge is 0.0631 e. The Bertz CT molecular complexity index is 229. The first-order chi connectivity index (χ1) is 7.33. The van der Waals surface area contributed by atoms with Gasteiger partial charge in [-0.3, -0.25) is 0 Å². The van der Waals surface area contributed by atoms with Crippen LogP contribution in [0.3, 0.4) is 0 Å². The molecule has 1 aliphatic heterocycles. The molecule has 2 aliphatic carbocycles. The highest BCUT2D eigenvalue weighted by molar-refractivity contribution is 4.90. The van der Waals surface area contributed by atoms with E-state index in [1.54, 1.807) is 0 Å². The van der Waals surface area contributed by atoms with E-state index in [2.05, 4.69) is 0 Å². The fraction of sp³-hybridized carbons (Fsp3) is 1.00. The van der Waals surface area contributed by atoms with Crippen LogP contribution in [0.1, 0.15) is 51.4 Å². The lowest BCUT2D eigenvalue weighted by atomic mass is 9.72. The van der Waals surface area contributed by atoms with Crippen molar-refractivity contribution in [3.8, 4) is 0 Å². The molecule has 3 rings (SSSR count). The summed E-state index contributed by atoms with van der Waals surface area (Å²) in [6.07, 6.45) is 10.7. The SMILES string of the molecule is OC1CCC2CC3CCCCC3OC2C1. The zero-order chi connectivity index (χ0) is 10.3. The van der Waals surface area contributed by atoms with E-state index in [9.17, 15) is 5.11 Å². The molecule has 3 aliphatic rings. The van der Waals surface area contributed by atoms with E-state index >= 15 is 0 Å². The van der Waals surface area contributed by atoms with Gasteiger partial charge in [0.05, 0.1) is 18.3 Å². The molecule has 0 bridgehead atoms. The second kappa shape index (κ2) is 4.06. The highest BCUT2D eigenvalue weighted by atomic mass is 16.5. The van der Waals surface area contributed by atoms with Crippen LogP contribution in [0, 0.1) is 11.8 Å². The summed E-state index contributed by atoms with van der Waals surface area (Å²) in [5, 5.41) is 9.66. The molecule has 0 aromatic heterocycles. The molecule has 1 N–H and O–H groups in total. The Balaban J connectivity index is 1.67. The lowest BCUT2D eigenvalue weighted by molar-refractivity contribution is -0.155. The number of aliphatic hydroxyl groups is 1. The van der Waals surface area contributed by atoms with Gasteiger partial charge in [-0.25, -0.2) is 0 Å². The first-order valence-electron chi connectivity index (χ1n) is 6.66. The van der Waals surface area contributed by atoms with E-state index in [1.807, 2.05) is 0 Å². The number of ether oxygens (including phenoxy) is 1. The van der Waals surface area contributed by atoms with Gasteiger partial charge < -0.3 is 9.84 Å². The molecule has 15 heavy (non-hydrogen) atoms. The summed E-state index contributed by atoms with van der Waals surface area (Å²) in [4.78, 5) is 0. The zero-order valence-corrected chi connectivity index (χ0v) is 9.40. The molecular formula is C13H22O2. The normalized spacial score (nSPS) is 50.6. The van der Waals surface area contributed by atoms with Crippen molar-refractivity contribution in [1.29, 1.82) is 0 Å². The second-order valence-electron chi connectivity index (χ2n) is 5.72. The van der Waals surface area contributed by atoms with Crippen molar-refractivity contribution in [2.24, 2.45) is 11.8 Å². The van der Waals surface area contributed by atoms with Crippen LogP contribution in [-0.2, 0) is 4.74 Å². The van der Waals surface area contributed by atoms with Gasteiger partial charge in [0.2, 0.25) is 0 Å². The van der Waals surface area contributed by atoms with Gasteiger partial charge in [0.25, 0.3) is 0 Å². The molecule has 0 radical (unpaired) electrons. The number of rotatable bonds is 0. The summed E-state index contributed by atoms with van der Waals surface area (Å²) in [6, 6.07) is 0. The van der Waals surface area contributed by atoms with Crippen molar-refractivity contribution >= 4 is 0 Å². The first-order valence-corrected chi connectivity index (χ1v) is 6.66.